The number of nitrogens with one attached hydrogen (secondary N) is 2. The lowest BCUT2D eigenvalue weighted by molar-refractivity contribution is 0.548. The van der Waals surface area contributed by atoms with Crippen molar-refractivity contribution >= 4 is 15.9 Å². The fourth-order valence-corrected chi connectivity index (χ4v) is 2.71. The van der Waals surface area contributed by atoms with Crippen LogP contribution in [-0.4, -0.2) is 16.5 Å². The summed E-state index contributed by atoms with van der Waals surface area (Å²) < 4.78 is 0.929. The number of aryl methyl sites for hydroxylation is 1. The average Bonchev–Trinajstić information content (AvgIpc) is 2.37. The van der Waals surface area contributed by atoms with Crippen LogP contribution in [0.4, 0.5) is 0 Å². The van der Waals surface area contributed by atoms with E-state index in [1.54, 1.807) is 6.07 Å². The Morgan fingerprint density at radius 1 is 1.33 bits per heavy atom. The Bertz CT molecular complexity index is 679. The van der Waals surface area contributed by atoms with Gasteiger partial charge in [0.1, 0.15) is 5.82 Å². The quantitative estimate of drug-likeness (QED) is 0.870. The molecule has 0 saturated heterocycles. The van der Waals surface area contributed by atoms with Crippen LogP contribution in [0.3, 0.4) is 0 Å². The third-order valence-electron chi connectivity index (χ3n) is 3.03. The van der Waals surface area contributed by atoms with Gasteiger partial charge in [0.25, 0.3) is 5.56 Å². The third kappa shape index (κ3) is 4.51. The highest BCUT2D eigenvalue weighted by Crippen LogP contribution is 2.25. The molecule has 0 aliphatic carbocycles. The van der Waals surface area contributed by atoms with E-state index in [-0.39, 0.29) is 5.56 Å². The van der Waals surface area contributed by atoms with Crippen LogP contribution in [0, 0.1) is 12.8 Å². The second-order valence-electron chi connectivity index (χ2n) is 5.59. The zero-order valence-corrected chi connectivity index (χ0v) is 14.1. The van der Waals surface area contributed by atoms with Gasteiger partial charge in [-0.05, 0) is 37.1 Å². The van der Waals surface area contributed by atoms with Gasteiger partial charge in [0.05, 0.1) is 5.69 Å². The van der Waals surface area contributed by atoms with Crippen molar-refractivity contribution in [3.63, 3.8) is 0 Å². The molecule has 0 aliphatic rings. The molecule has 1 aromatic heterocycles. The van der Waals surface area contributed by atoms with Crippen LogP contribution in [0.2, 0.25) is 0 Å². The normalized spacial score (nSPS) is 11.1. The Balaban J connectivity index is 2.28. The van der Waals surface area contributed by atoms with Crippen LogP contribution in [-0.2, 0) is 6.54 Å². The van der Waals surface area contributed by atoms with Gasteiger partial charge >= 0.3 is 0 Å². The Morgan fingerprint density at radius 2 is 2.10 bits per heavy atom. The lowest BCUT2D eigenvalue weighted by Gasteiger charge is -2.09. The minimum atomic E-state index is -0.131. The summed E-state index contributed by atoms with van der Waals surface area (Å²) in [4.78, 5) is 19.2. The van der Waals surface area contributed by atoms with Crippen LogP contribution in [0.25, 0.3) is 11.4 Å². The van der Waals surface area contributed by atoms with Gasteiger partial charge in [0, 0.05) is 22.6 Å². The highest BCUT2D eigenvalue weighted by Gasteiger charge is 2.08. The monoisotopic (exact) mass is 349 g/mol. The fraction of sp³-hybridized carbons (Fsp3) is 0.375. The van der Waals surface area contributed by atoms with Gasteiger partial charge in [-0.15, -0.1) is 0 Å². The highest BCUT2D eigenvalue weighted by atomic mass is 79.9. The minimum Gasteiger partial charge on any atom is -0.311 e. The predicted octanol–water partition coefficient (Wildman–Crippen LogP) is 3.25. The van der Waals surface area contributed by atoms with E-state index in [1.807, 2.05) is 25.1 Å². The van der Waals surface area contributed by atoms with Crippen molar-refractivity contribution in [2.24, 2.45) is 5.92 Å². The van der Waals surface area contributed by atoms with E-state index in [4.69, 9.17) is 0 Å². The van der Waals surface area contributed by atoms with Crippen molar-refractivity contribution in [2.75, 3.05) is 6.54 Å². The molecule has 1 aromatic carbocycles. The third-order valence-corrected chi connectivity index (χ3v) is 3.69. The molecule has 1 heterocycles. The first-order valence-corrected chi connectivity index (χ1v) is 7.82. The first kappa shape index (κ1) is 15.9. The summed E-state index contributed by atoms with van der Waals surface area (Å²) in [5, 5.41) is 3.30. The molecule has 112 valence electrons. The van der Waals surface area contributed by atoms with Crippen LogP contribution in [0.1, 0.15) is 25.1 Å². The lowest BCUT2D eigenvalue weighted by atomic mass is 10.1. The topological polar surface area (TPSA) is 57.8 Å². The molecule has 5 heteroatoms. The maximum Gasteiger partial charge on any atom is 0.251 e. The molecule has 0 radical (unpaired) electrons. The number of aromatic nitrogens is 2. The van der Waals surface area contributed by atoms with Crippen molar-refractivity contribution < 1.29 is 0 Å². The first-order chi connectivity index (χ1) is 9.95. The maximum atomic E-state index is 11.8. The molecule has 2 aromatic rings. The minimum absolute atomic E-state index is 0.131. The van der Waals surface area contributed by atoms with E-state index in [9.17, 15) is 4.79 Å². The van der Waals surface area contributed by atoms with E-state index in [0.29, 0.717) is 18.3 Å². The molecule has 0 fully saturated rings. The Labute approximate surface area is 133 Å². The SMILES string of the molecule is Cc1ccc(-c2nc(CNCC(C)C)cc(=O)[nH]2)c(Br)c1. The van der Waals surface area contributed by atoms with Gasteiger partial charge in [-0.25, -0.2) is 4.98 Å². The Kier molecular flexibility index (Phi) is 5.31. The Hall–Kier alpha value is -1.46. The predicted molar refractivity (Wildman–Crippen MR) is 89.3 cm³/mol. The van der Waals surface area contributed by atoms with Gasteiger partial charge in [-0.2, -0.15) is 0 Å². The lowest BCUT2D eigenvalue weighted by Crippen LogP contribution is -2.21. The Morgan fingerprint density at radius 3 is 2.76 bits per heavy atom. The van der Waals surface area contributed by atoms with Crippen molar-refractivity contribution in [3.8, 4) is 11.4 Å². The van der Waals surface area contributed by atoms with Crippen molar-refractivity contribution in [3.05, 3.63) is 50.3 Å². The standard InChI is InChI=1S/C16H20BrN3O/c1-10(2)8-18-9-12-7-15(21)20-16(19-12)13-5-4-11(3)6-14(13)17/h4-7,10,18H,8-9H2,1-3H3,(H,19,20,21). The first-order valence-electron chi connectivity index (χ1n) is 7.03. The zero-order valence-electron chi connectivity index (χ0n) is 12.5. The van der Waals surface area contributed by atoms with E-state index >= 15 is 0 Å². The molecule has 0 spiro atoms. The smallest absolute Gasteiger partial charge is 0.251 e. The van der Waals surface area contributed by atoms with Gasteiger partial charge in [-0.3, -0.25) is 4.79 Å². The van der Waals surface area contributed by atoms with Crippen LogP contribution < -0.4 is 10.9 Å². The zero-order chi connectivity index (χ0) is 15.4. The second kappa shape index (κ2) is 7.00. The highest BCUT2D eigenvalue weighted by molar-refractivity contribution is 9.10. The van der Waals surface area contributed by atoms with Crippen molar-refractivity contribution in [1.29, 1.82) is 0 Å². The van der Waals surface area contributed by atoms with E-state index in [2.05, 4.69) is 45.1 Å². The summed E-state index contributed by atoms with van der Waals surface area (Å²) in [6.45, 7) is 7.81. The summed E-state index contributed by atoms with van der Waals surface area (Å²) in [5.41, 5.74) is 2.67. The number of hydrogen-bond acceptors (Lipinski definition) is 3. The number of H-pyrrole nitrogens is 1. The average molecular weight is 350 g/mol. The molecule has 2 N–H and O–H groups in total. The molecule has 0 atom stereocenters. The van der Waals surface area contributed by atoms with Crippen LogP contribution in [0.5, 0.6) is 0 Å². The summed E-state index contributed by atoms with van der Waals surface area (Å²) >= 11 is 3.53. The number of rotatable bonds is 5. The molecule has 4 nitrogen and oxygen atoms in total. The fourth-order valence-electron chi connectivity index (χ4n) is 2.03. The largest absolute Gasteiger partial charge is 0.311 e. The summed E-state index contributed by atoms with van der Waals surface area (Å²) in [6, 6.07) is 7.52. The molecule has 0 bridgehead atoms. The number of nitrogens with zero attached hydrogens (tertiary/aromatic N) is 1. The van der Waals surface area contributed by atoms with Gasteiger partial charge < -0.3 is 10.3 Å². The maximum absolute atomic E-state index is 11.8. The van der Waals surface area contributed by atoms with Crippen LogP contribution >= 0.6 is 15.9 Å². The molecule has 0 amide bonds. The van der Waals surface area contributed by atoms with E-state index in [1.165, 1.54) is 0 Å². The van der Waals surface area contributed by atoms with Gasteiger partial charge in [0.2, 0.25) is 0 Å². The number of benzene rings is 1. The summed E-state index contributed by atoms with van der Waals surface area (Å²) in [5.74, 6) is 1.16. The number of aromatic amines is 1. The number of hydrogen-bond donors (Lipinski definition) is 2. The molecule has 2 rings (SSSR count). The molecule has 0 unspecified atom stereocenters. The van der Waals surface area contributed by atoms with Crippen molar-refractivity contribution in [1.82, 2.24) is 15.3 Å². The van der Waals surface area contributed by atoms with Gasteiger partial charge in [-0.1, -0.05) is 35.8 Å². The summed E-state index contributed by atoms with van der Waals surface area (Å²) in [6.07, 6.45) is 0. The molecule has 21 heavy (non-hydrogen) atoms. The molecule has 0 aliphatic heterocycles. The van der Waals surface area contributed by atoms with Gasteiger partial charge in [0.15, 0.2) is 0 Å². The number of halogens is 1. The molecular formula is C16H20BrN3O. The van der Waals surface area contributed by atoms with E-state index < -0.39 is 0 Å². The van der Waals surface area contributed by atoms with Crippen LogP contribution in [0.15, 0.2) is 33.5 Å². The summed E-state index contributed by atoms with van der Waals surface area (Å²) in [7, 11) is 0. The molecule has 0 saturated carbocycles. The second-order valence-corrected chi connectivity index (χ2v) is 6.45. The molecular weight excluding hydrogens is 330 g/mol. The van der Waals surface area contributed by atoms with Crippen molar-refractivity contribution in [2.45, 2.75) is 27.3 Å². The van der Waals surface area contributed by atoms with E-state index in [0.717, 1.165) is 27.8 Å².